The lowest BCUT2D eigenvalue weighted by molar-refractivity contribution is 0.248. The fourth-order valence-electron chi connectivity index (χ4n) is 2.20. The molecule has 0 amide bonds. The van der Waals surface area contributed by atoms with Gasteiger partial charge in [0.25, 0.3) is 0 Å². The average molecular weight is 251 g/mol. The number of nitrogens with one attached hydrogen (secondary N) is 1. The Morgan fingerprint density at radius 2 is 2.29 bits per heavy atom. The second kappa shape index (κ2) is 6.31. The summed E-state index contributed by atoms with van der Waals surface area (Å²) in [5, 5.41) is 3.71. The number of ether oxygens (including phenoxy) is 1. The highest BCUT2D eigenvalue weighted by Crippen LogP contribution is 2.31. The van der Waals surface area contributed by atoms with Crippen molar-refractivity contribution in [2.45, 2.75) is 32.4 Å². The Bertz CT molecular complexity index is 356. The summed E-state index contributed by atoms with van der Waals surface area (Å²) in [7, 11) is 0. The van der Waals surface area contributed by atoms with Gasteiger partial charge in [0.05, 0.1) is 6.61 Å². The molecule has 0 saturated carbocycles. The fraction of sp³-hybridized carbons (Fsp3) is 0.571. The van der Waals surface area contributed by atoms with Crippen LogP contribution in [0.15, 0.2) is 24.3 Å². The fourth-order valence-corrected chi connectivity index (χ4v) is 2.89. The van der Waals surface area contributed by atoms with Crippen LogP contribution in [0.1, 0.15) is 31.9 Å². The van der Waals surface area contributed by atoms with Crippen molar-refractivity contribution in [3.63, 3.8) is 0 Å². The van der Waals surface area contributed by atoms with E-state index in [1.807, 2.05) is 17.8 Å². The molecule has 0 radical (unpaired) electrons. The van der Waals surface area contributed by atoms with E-state index < -0.39 is 0 Å². The number of thioether (sulfide) groups is 1. The molecule has 0 bridgehead atoms. The van der Waals surface area contributed by atoms with Gasteiger partial charge in [-0.05, 0) is 18.7 Å². The molecule has 0 saturated heterocycles. The molecule has 2 unspecified atom stereocenters. The van der Waals surface area contributed by atoms with Gasteiger partial charge in [-0.25, -0.2) is 0 Å². The van der Waals surface area contributed by atoms with Gasteiger partial charge in [-0.3, -0.25) is 0 Å². The molecule has 2 nitrogen and oxygen atoms in total. The van der Waals surface area contributed by atoms with Gasteiger partial charge >= 0.3 is 0 Å². The number of hydrogen-bond acceptors (Lipinski definition) is 3. The normalized spacial score (nSPS) is 20.5. The number of rotatable bonds is 5. The standard InChI is InChI=1S/C14H21NOS/c1-3-17-10-11(2)15-13-8-9-16-14-7-5-4-6-12(13)14/h4-7,11,13,15H,3,8-10H2,1-2H3. The van der Waals surface area contributed by atoms with Gasteiger partial charge in [0.15, 0.2) is 0 Å². The number of para-hydroxylation sites is 1. The minimum Gasteiger partial charge on any atom is -0.493 e. The minimum atomic E-state index is 0.451. The van der Waals surface area contributed by atoms with Crippen molar-refractivity contribution in [1.82, 2.24) is 5.32 Å². The highest BCUT2D eigenvalue weighted by molar-refractivity contribution is 7.99. The summed E-state index contributed by atoms with van der Waals surface area (Å²) in [5.41, 5.74) is 1.31. The molecule has 1 aromatic rings. The summed E-state index contributed by atoms with van der Waals surface area (Å²) in [6.45, 7) is 5.30. The topological polar surface area (TPSA) is 21.3 Å². The maximum absolute atomic E-state index is 5.67. The third-order valence-corrected chi connectivity index (χ3v) is 4.16. The smallest absolute Gasteiger partial charge is 0.124 e. The van der Waals surface area contributed by atoms with Crippen molar-refractivity contribution in [2.24, 2.45) is 0 Å². The summed E-state index contributed by atoms with van der Waals surface area (Å²) in [6, 6.07) is 9.37. The molecule has 0 aliphatic carbocycles. The number of hydrogen-bond donors (Lipinski definition) is 1. The lowest BCUT2D eigenvalue weighted by Crippen LogP contribution is -2.35. The van der Waals surface area contributed by atoms with Crippen LogP contribution in [0.3, 0.4) is 0 Å². The van der Waals surface area contributed by atoms with E-state index >= 15 is 0 Å². The first-order chi connectivity index (χ1) is 8.31. The van der Waals surface area contributed by atoms with Crippen LogP contribution in [0.5, 0.6) is 5.75 Å². The lowest BCUT2D eigenvalue weighted by atomic mass is 10.00. The zero-order valence-corrected chi connectivity index (χ0v) is 11.4. The summed E-state index contributed by atoms with van der Waals surface area (Å²) in [5.74, 6) is 3.42. The monoisotopic (exact) mass is 251 g/mol. The van der Waals surface area contributed by atoms with E-state index in [1.54, 1.807) is 0 Å². The van der Waals surface area contributed by atoms with Crippen molar-refractivity contribution < 1.29 is 4.74 Å². The molecular weight excluding hydrogens is 230 g/mol. The second-order valence-electron chi connectivity index (χ2n) is 4.45. The van der Waals surface area contributed by atoms with E-state index in [2.05, 4.69) is 37.4 Å². The Hall–Kier alpha value is -0.670. The van der Waals surface area contributed by atoms with E-state index in [0.717, 1.165) is 18.8 Å². The van der Waals surface area contributed by atoms with Crippen LogP contribution in [0, 0.1) is 0 Å². The van der Waals surface area contributed by atoms with Crippen molar-refractivity contribution in [2.75, 3.05) is 18.1 Å². The zero-order valence-electron chi connectivity index (χ0n) is 10.6. The molecule has 2 rings (SSSR count). The molecule has 0 aromatic heterocycles. The van der Waals surface area contributed by atoms with Crippen LogP contribution in [0.2, 0.25) is 0 Å². The maximum atomic E-state index is 5.67. The van der Waals surface area contributed by atoms with Gasteiger partial charge in [-0.2, -0.15) is 11.8 Å². The van der Waals surface area contributed by atoms with Crippen molar-refractivity contribution in [1.29, 1.82) is 0 Å². The SMILES string of the molecule is CCSCC(C)NC1CCOc2ccccc21. The molecule has 3 heteroatoms. The molecular formula is C14H21NOS. The van der Waals surface area contributed by atoms with Crippen molar-refractivity contribution >= 4 is 11.8 Å². The highest BCUT2D eigenvalue weighted by atomic mass is 32.2. The molecule has 2 atom stereocenters. The molecule has 1 heterocycles. The quantitative estimate of drug-likeness (QED) is 0.868. The minimum absolute atomic E-state index is 0.451. The van der Waals surface area contributed by atoms with Gasteiger partial charge < -0.3 is 10.1 Å². The zero-order chi connectivity index (χ0) is 12.1. The largest absolute Gasteiger partial charge is 0.493 e. The third-order valence-electron chi connectivity index (χ3n) is 3.02. The summed E-state index contributed by atoms with van der Waals surface area (Å²) in [6.07, 6.45) is 1.07. The first kappa shape index (κ1) is 12.8. The molecule has 94 valence electrons. The van der Waals surface area contributed by atoms with Gasteiger partial charge in [0.1, 0.15) is 5.75 Å². The molecule has 0 spiro atoms. The summed E-state index contributed by atoms with van der Waals surface area (Å²) < 4.78 is 5.67. The first-order valence-corrected chi connectivity index (χ1v) is 7.52. The number of benzene rings is 1. The third kappa shape index (κ3) is 3.39. The van der Waals surface area contributed by atoms with Crippen LogP contribution in [0.4, 0.5) is 0 Å². The summed E-state index contributed by atoms with van der Waals surface area (Å²) >= 11 is 1.99. The maximum Gasteiger partial charge on any atom is 0.124 e. The van der Waals surface area contributed by atoms with Gasteiger partial charge in [-0.15, -0.1) is 0 Å². The van der Waals surface area contributed by atoms with Crippen LogP contribution >= 0.6 is 11.8 Å². The van der Waals surface area contributed by atoms with Crippen molar-refractivity contribution in [3.05, 3.63) is 29.8 Å². The first-order valence-electron chi connectivity index (χ1n) is 6.36. The Morgan fingerprint density at radius 3 is 3.12 bits per heavy atom. The Labute approximate surface area is 108 Å². The number of fused-ring (bicyclic) bond motifs is 1. The predicted octanol–water partition coefficient (Wildman–Crippen LogP) is 3.24. The van der Waals surface area contributed by atoms with E-state index in [4.69, 9.17) is 4.74 Å². The van der Waals surface area contributed by atoms with Crippen LogP contribution in [-0.2, 0) is 0 Å². The average Bonchev–Trinajstić information content (AvgIpc) is 2.37. The van der Waals surface area contributed by atoms with Crippen LogP contribution in [-0.4, -0.2) is 24.2 Å². The van der Waals surface area contributed by atoms with E-state index in [1.165, 1.54) is 17.1 Å². The Kier molecular flexibility index (Phi) is 4.75. The lowest BCUT2D eigenvalue weighted by Gasteiger charge is -2.29. The molecule has 1 aliphatic rings. The van der Waals surface area contributed by atoms with Gasteiger partial charge in [0.2, 0.25) is 0 Å². The summed E-state index contributed by atoms with van der Waals surface area (Å²) in [4.78, 5) is 0. The molecule has 1 aliphatic heterocycles. The van der Waals surface area contributed by atoms with Gasteiger partial charge in [-0.1, -0.05) is 25.1 Å². The molecule has 17 heavy (non-hydrogen) atoms. The van der Waals surface area contributed by atoms with E-state index in [0.29, 0.717) is 12.1 Å². The Morgan fingerprint density at radius 1 is 1.47 bits per heavy atom. The molecule has 1 N–H and O–H groups in total. The van der Waals surface area contributed by atoms with E-state index in [9.17, 15) is 0 Å². The van der Waals surface area contributed by atoms with E-state index in [-0.39, 0.29) is 0 Å². The van der Waals surface area contributed by atoms with Crippen LogP contribution in [0.25, 0.3) is 0 Å². The second-order valence-corrected chi connectivity index (χ2v) is 5.77. The molecule has 1 aromatic carbocycles. The highest BCUT2D eigenvalue weighted by Gasteiger charge is 2.21. The van der Waals surface area contributed by atoms with Gasteiger partial charge in [0, 0.05) is 29.8 Å². The molecule has 0 fully saturated rings. The van der Waals surface area contributed by atoms with Crippen molar-refractivity contribution in [3.8, 4) is 5.75 Å². The Balaban J connectivity index is 1.98. The predicted molar refractivity (Wildman–Crippen MR) is 74.9 cm³/mol. The van der Waals surface area contributed by atoms with Crippen LogP contribution < -0.4 is 10.1 Å².